The molecule has 84 valence electrons. The molecule has 0 spiro atoms. The van der Waals surface area contributed by atoms with Crippen molar-refractivity contribution in [1.29, 1.82) is 0 Å². The lowest BCUT2D eigenvalue weighted by molar-refractivity contribution is 0.140. The summed E-state index contributed by atoms with van der Waals surface area (Å²) < 4.78 is 5.28. The molecule has 0 aliphatic heterocycles. The van der Waals surface area contributed by atoms with Crippen LogP contribution in [-0.2, 0) is 11.2 Å². The predicted octanol–water partition coefficient (Wildman–Crippen LogP) is 3.54. The molecule has 0 unspecified atom stereocenters. The fraction of sp³-hybridized carbons (Fsp3) is 0.571. The lowest BCUT2D eigenvalue weighted by atomic mass is 9.92. The Labute approximate surface area is 93.5 Å². The van der Waals surface area contributed by atoms with Gasteiger partial charge in [0.1, 0.15) is 0 Å². The number of rotatable bonds is 6. The molecule has 1 aromatic rings. The van der Waals surface area contributed by atoms with Crippen LogP contribution in [0, 0.1) is 11.8 Å². The minimum Gasteiger partial charge on any atom is -0.384 e. The Morgan fingerprint density at radius 3 is 2.33 bits per heavy atom. The molecule has 15 heavy (non-hydrogen) atoms. The normalized spacial score (nSPS) is 13.1. The number of methoxy groups -OCH3 is 1. The molecule has 0 radical (unpaired) electrons. The smallest absolute Gasteiger partial charge is 0.0493 e. The molecule has 1 nitrogen and oxygen atoms in total. The highest BCUT2D eigenvalue weighted by molar-refractivity contribution is 5.15. The van der Waals surface area contributed by atoms with Crippen LogP contribution in [0.25, 0.3) is 0 Å². The van der Waals surface area contributed by atoms with E-state index in [2.05, 4.69) is 44.2 Å². The van der Waals surface area contributed by atoms with Crippen molar-refractivity contribution >= 4 is 0 Å². The van der Waals surface area contributed by atoms with Gasteiger partial charge in [0, 0.05) is 13.7 Å². The molecule has 0 fully saturated rings. The Hall–Kier alpha value is -0.820. The maximum Gasteiger partial charge on any atom is 0.0493 e. The van der Waals surface area contributed by atoms with Crippen molar-refractivity contribution < 1.29 is 4.74 Å². The predicted molar refractivity (Wildman–Crippen MR) is 65.0 cm³/mol. The van der Waals surface area contributed by atoms with Crippen LogP contribution in [0.5, 0.6) is 0 Å². The molecular weight excluding hydrogens is 184 g/mol. The Morgan fingerprint density at radius 1 is 1.13 bits per heavy atom. The second kappa shape index (κ2) is 6.62. The van der Waals surface area contributed by atoms with Gasteiger partial charge in [-0.1, -0.05) is 44.2 Å². The SMILES string of the molecule is COC[C@H](Cc1ccccc1)CC(C)C. The van der Waals surface area contributed by atoms with E-state index in [1.54, 1.807) is 7.11 Å². The molecular formula is C14H22O. The van der Waals surface area contributed by atoms with Gasteiger partial charge in [0.25, 0.3) is 0 Å². The number of benzene rings is 1. The second-order valence-corrected chi connectivity index (χ2v) is 4.64. The first-order valence-electron chi connectivity index (χ1n) is 5.75. The maximum absolute atomic E-state index is 5.28. The van der Waals surface area contributed by atoms with E-state index < -0.39 is 0 Å². The third-order valence-electron chi connectivity index (χ3n) is 2.57. The van der Waals surface area contributed by atoms with Gasteiger partial charge in [0.05, 0.1) is 0 Å². The summed E-state index contributed by atoms with van der Waals surface area (Å²) in [7, 11) is 1.79. The van der Waals surface area contributed by atoms with Crippen molar-refractivity contribution in [2.45, 2.75) is 26.7 Å². The Balaban J connectivity index is 2.50. The van der Waals surface area contributed by atoms with Gasteiger partial charge in [0.2, 0.25) is 0 Å². The number of hydrogen-bond acceptors (Lipinski definition) is 1. The quantitative estimate of drug-likeness (QED) is 0.691. The lowest BCUT2D eigenvalue weighted by Crippen LogP contribution is -2.14. The summed E-state index contributed by atoms with van der Waals surface area (Å²) in [6.07, 6.45) is 2.37. The third kappa shape index (κ3) is 4.98. The van der Waals surface area contributed by atoms with Gasteiger partial charge in [-0.2, -0.15) is 0 Å². The van der Waals surface area contributed by atoms with Gasteiger partial charge in [-0.3, -0.25) is 0 Å². The minimum absolute atomic E-state index is 0.650. The van der Waals surface area contributed by atoms with Crippen LogP contribution < -0.4 is 0 Å². The van der Waals surface area contributed by atoms with E-state index in [0.717, 1.165) is 18.9 Å². The zero-order valence-electron chi connectivity index (χ0n) is 10.1. The van der Waals surface area contributed by atoms with E-state index in [1.807, 2.05) is 0 Å². The van der Waals surface area contributed by atoms with Crippen molar-refractivity contribution in [2.24, 2.45) is 11.8 Å². The van der Waals surface area contributed by atoms with Crippen LogP contribution >= 0.6 is 0 Å². The van der Waals surface area contributed by atoms with E-state index in [0.29, 0.717) is 5.92 Å². The molecule has 0 saturated carbocycles. The van der Waals surface area contributed by atoms with Crippen LogP contribution in [-0.4, -0.2) is 13.7 Å². The third-order valence-corrected chi connectivity index (χ3v) is 2.57. The topological polar surface area (TPSA) is 9.23 Å². The van der Waals surface area contributed by atoms with Gasteiger partial charge in [-0.15, -0.1) is 0 Å². The molecule has 0 aromatic heterocycles. The van der Waals surface area contributed by atoms with Crippen LogP contribution in [0.1, 0.15) is 25.8 Å². The Bertz CT molecular complexity index is 253. The summed E-state index contributed by atoms with van der Waals surface area (Å²) in [4.78, 5) is 0. The van der Waals surface area contributed by atoms with Crippen molar-refractivity contribution in [2.75, 3.05) is 13.7 Å². The molecule has 0 saturated heterocycles. The molecule has 0 amide bonds. The summed E-state index contributed by atoms with van der Waals surface area (Å²) >= 11 is 0. The fourth-order valence-corrected chi connectivity index (χ4v) is 2.06. The first-order chi connectivity index (χ1) is 7.22. The van der Waals surface area contributed by atoms with E-state index in [-0.39, 0.29) is 0 Å². The Kier molecular flexibility index (Phi) is 5.41. The van der Waals surface area contributed by atoms with Crippen LogP contribution in [0.2, 0.25) is 0 Å². The first-order valence-corrected chi connectivity index (χ1v) is 5.75. The van der Waals surface area contributed by atoms with E-state index >= 15 is 0 Å². The van der Waals surface area contributed by atoms with Gasteiger partial charge in [-0.25, -0.2) is 0 Å². The lowest BCUT2D eigenvalue weighted by Gasteiger charge is -2.18. The molecule has 0 aliphatic carbocycles. The minimum atomic E-state index is 0.650. The molecule has 0 aliphatic rings. The van der Waals surface area contributed by atoms with E-state index in [9.17, 15) is 0 Å². The standard InChI is InChI=1S/C14H22O/c1-12(2)9-14(11-15-3)10-13-7-5-4-6-8-13/h4-8,12,14H,9-11H2,1-3H3/t14-/m0/s1. The number of ether oxygens (including phenoxy) is 1. The second-order valence-electron chi connectivity index (χ2n) is 4.64. The van der Waals surface area contributed by atoms with Crippen molar-refractivity contribution in [3.8, 4) is 0 Å². The zero-order valence-corrected chi connectivity index (χ0v) is 10.1. The highest BCUT2D eigenvalue weighted by atomic mass is 16.5. The monoisotopic (exact) mass is 206 g/mol. The van der Waals surface area contributed by atoms with Crippen LogP contribution in [0.4, 0.5) is 0 Å². The van der Waals surface area contributed by atoms with Gasteiger partial charge < -0.3 is 4.74 Å². The Morgan fingerprint density at radius 2 is 1.80 bits per heavy atom. The van der Waals surface area contributed by atoms with Gasteiger partial charge in [0.15, 0.2) is 0 Å². The summed E-state index contributed by atoms with van der Waals surface area (Å²) in [5.41, 5.74) is 1.42. The average molecular weight is 206 g/mol. The maximum atomic E-state index is 5.28. The molecule has 0 N–H and O–H groups in total. The zero-order chi connectivity index (χ0) is 11.1. The van der Waals surface area contributed by atoms with Gasteiger partial charge >= 0.3 is 0 Å². The summed E-state index contributed by atoms with van der Waals surface area (Å²) in [6, 6.07) is 10.7. The summed E-state index contributed by atoms with van der Waals surface area (Å²) in [5.74, 6) is 1.39. The molecule has 0 bridgehead atoms. The van der Waals surface area contributed by atoms with Crippen LogP contribution in [0.3, 0.4) is 0 Å². The van der Waals surface area contributed by atoms with E-state index in [4.69, 9.17) is 4.74 Å². The molecule has 1 heteroatoms. The molecule has 1 rings (SSSR count). The van der Waals surface area contributed by atoms with Crippen molar-refractivity contribution in [3.63, 3.8) is 0 Å². The fourth-order valence-electron chi connectivity index (χ4n) is 2.06. The highest BCUT2D eigenvalue weighted by Crippen LogP contribution is 2.17. The molecule has 1 aromatic carbocycles. The number of hydrogen-bond donors (Lipinski definition) is 0. The molecule has 0 heterocycles. The van der Waals surface area contributed by atoms with Gasteiger partial charge in [-0.05, 0) is 30.2 Å². The van der Waals surface area contributed by atoms with Crippen molar-refractivity contribution in [3.05, 3.63) is 35.9 Å². The first kappa shape index (κ1) is 12.3. The largest absolute Gasteiger partial charge is 0.384 e. The highest BCUT2D eigenvalue weighted by Gasteiger charge is 2.11. The van der Waals surface area contributed by atoms with Crippen LogP contribution in [0.15, 0.2) is 30.3 Å². The summed E-state index contributed by atoms with van der Waals surface area (Å²) in [5, 5.41) is 0. The van der Waals surface area contributed by atoms with Crippen molar-refractivity contribution in [1.82, 2.24) is 0 Å². The summed E-state index contributed by atoms with van der Waals surface area (Å²) in [6.45, 7) is 5.41. The molecule has 1 atom stereocenters. The average Bonchev–Trinajstić information content (AvgIpc) is 2.18. The van der Waals surface area contributed by atoms with E-state index in [1.165, 1.54) is 12.0 Å².